The van der Waals surface area contributed by atoms with Crippen molar-refractivity contribution in [1.29, 1.82) is 0 Å². The Kier molecular flexibility index (Phi) is 5.59. The van der Waals surface area contributed by atoms with Gasteiger partial charge in [-0.1, -0.05) is 12.1 Å². The van der Waals surface area contributed by atoms with Crippen LogP contribution in [0.4, 0.5) is 0 Å². The molecule has 10 nitrogen and oxygen atoms in total. The van der Waals surface area contributed by atoms with E-state index < -0.39 is 41.1 Å². The Bertz CT molecular complexity index is 957. The third-order valence-corrected chi connectivity index (χ3v) is 5.73. The lowest BCUT2D eigenvalue weighted by atomic mass is 10.0. The lowest BCUT2D eigenvalue weighted by Crippen LogP contribution is -2.70. The van der Waals surface area contributed by atoms with Gasteiger partial charge in [-0.15, -0.1) is 11.8 Å². The minimum Gasteiger partial charge on any atom is -0.478 e. The van der Waals surface area contributed by atoms with Gasteiger partial charge in [0.05, 0.1) is 11.1 Å². The maximum Gasteiger partial charge on any atom is 0.352 e. The topological polar surface area (TPSA) is 150 Å². The number of carboxylic acids is 2. The Labute approximate surface area is 168 Å². The summed E-state index contributed by atoms with van der Waals surface area (Å²) in [5.74, 6) is -4.38. The van der Waals surface area contributed by atoms with Crippen molar-refractivity contribution < 1.29 is 38.9 Å². The molecule has 0 aliphatic carbocycles. The molecule has 0 aromatic heterocycles. The van der Waals surface area contributed by atoms with Gasteiger partial charge in [-0.25, -0.2) is 9.59 Å². The molecule has 2 amide bonds. The van der Waals surface area contributed by atoms with Crippen molar-refractivity contribution >= 4 is 41.5 Å². The number of hydrogen-bond donors (Lipinski definition) is 3. The van der Waals surface area contributed by atoms with Crippen molar-refractivity contribution in [2.24, 2.45) is 0 Å². The van der Waals surface area contributed by atoms with Crippen LogP contribution >= 0.6 is 11.8 Å². The van der Waals surface area contributed by atoms with Gasteiger partial charge in [0.15, 0.2) is 0 Å². The minimum absolute atomic E-state index is 0.100. The van der Waals surface area contributed by atoms with Crippen LogP contribution in [0.2, 0.25) is 0 Å². The molecule has 1 aromatic carbocycles. The van der Waals surface area contributed by atoms with Crippen LogP contribution in [0.1, 0.15) is 27.6 Å². The number of ether oxygens (including phenoxy) is 1. The smallest absolute Gasteiger partial charge is 0.352 e. The number of nitrogens with zero attached hydrogens (tertiary/aromatic N) is 1. The first-order valence-corrected chi connectivity index (χ1v) is 9.43. The van der Waals surface area contributed by atoms with Gasteiger partial charge in [-0.2, -0.15) is 0 Å². The van der Waals surface area contributed by atoms with E-state index in [0.717, 1.165) is 4.90 Å². The average molecular weight is 420 g/mol. The van der Waals surface area contributed by atoms with Crippen molar-refractivity contribution in [3.8, 4) is 0 Å². The van der Waals surface area contributed by atoms with Crippen LogP contribution in [0.15, 0.2) is 35.5 Å². The van der Waals surface area contributed by atoms with Crippen LogP contribution in [-0.2, 0) is 19.1 Å². The Balaban J connectivity index is 1.79. The molecule has 1 aromatic rings. The molecule has 29 heavy (non-hydrogen) atoms. The maximum absolute atomic E-state index is 12.6. The number of carboxylic acid groups (broad SMARTS) is 2. The molecule has 2 aliphatic heterocycles. The fourth-order valence-corrected chi connectivity index (χ4v) is 4.40. The van der Waals surface area contributed by atoms with E-state index in [2.05, 4.69) is 5.32 Å². The Morgan fingerprint density at radius 3 is 2.41 bits per heavy atom. The van der Waals surface area contributed by atoms with Crippen LogP contribution in [-0.4, -0.2) is 68.6 Å². The standard InChI is InChI=1S/C18H16N2O8S/c1-8(21)28-6-9-7-29-16-12(15(23)20(16)13(9)18(26)27)19-14(22)10-4-2-3-5-11(10)17(24)25/h2-5,12,16H,6-7H2,1H3,(H,19,22)(H,24,25)(H,26,27)/t12?,16-/m0/s1. The van der Waals surface area contributed by atoms with Crippen molar-refractivity contribution in [3.05, 3.63) is 46.7 Å². The number of amides is 2. The number of benzene rings is 1. The minimum atomic E-state index is -1.34. The molecular weight excluding hydrogens is 404 g/mol. The SMILES string of the molecule is CC(=O)OCC1=C(C(=O)O)N2C(=O)C(NC(=O)c3ccccc3C(=O)O)[C@@H]2SC1. The number of esters is 1. The van der Waals surface area contributed by atoms with Gasteiger partial charge in [0, 0.05) is 18.2 Å². The zero-order valence-corrected chi connectivity index (χ0v) is 15.9. The zero-order chi connectivity index (χ0) is 21.3. The molecule has 11 heteroatoms. The first kappa shape index (κ1) is 20.4. The number of carbonyl (C=O) groups excluding carboxylic acids is 3. The summed E-state index contributed by atoms with van der Waals surface area (Å²) < 4.78 is 4.85. The number of aliphatic carboxylic acids is 1. The normalized spacial score (nSPS) is 20.4. The highest BCUT2D eigenvalue weighted by molar-refractivity contribution is 8.00. The first-order valence-electron chi connectivity index (χ1n) is 8.39. The quantitative estimate of drug-likeness (QED) is 0.436. The number of carbonyl (C=O) groups is 5. The van der Waals surface area contributed by atoms with Crippen LogP contribution in [0.3, 0.4) is 0 Å². The molecule has 1 unspecified atom stereocenters. The van der Waals surface area contributed by atoms with E-state index in [-0.39, 0.29) is 34.8 Å². The molecule has 1 saturated heterocycles. The molecule has 2 heterocycles. The molecule has 0 bridgehead atoms. The van der Waals surface area contributed by atoms with Gasteiger partial charge in [0.25, 0.3) is 11.8 Å². The molecule has 0 spiro atoms. The highest BCUT2D eigenvalue weighted by Crippen LogP contribution is 2.40. The van der Waals surface area contributed by atoms with Crippen LogP contribution in [0.5, 0.6) is 0 Å². The number of fused-ring (bicyclic) bond motifs is 1. The van der Waals surface area contributed by atoms with E-state index in [1.54, 1.807) is 0 Å². The van der Waals surface area contributed by atoms with Gasteiger partial charge in [0.1, 0.15) is 23.7 Å². The third kappa shape index (κ3) is 3.81. The predicted octanol–water partition coefficient (Wildman–Crippen LogP) is 0.300. The molecule has 3 rings (SSSR count). The van der Waals surface area contributed by atoms with Crippen molar-refractivity contribution in [1.82, 2.24) is 10.2 Å². The summed E-state index contributed by atoms with van der Waals surface area (Å²) >= 11 is 1.21. The van der Waals surface area contributed by atoms with Gasteiger partial charge < -0.3 is 20.3 Å². The summed E-state index contributed by atoms with van der Waals surface area (Å²) in [5.41, 5.74) is -0.295. The van der Waals surface area contributed by atoms with Gasteiger partial charge in [-0.05, 0) is 12.1 Å². The van der Waals surface area contributed by atoms with Crippen molar-refractivity contribution in [2.75, 3.05) is 12.4 Å². The van der Waals surface area contributed by atoms with Gasteiger partial charge >= 0.3 is 17.9 Å². The lowest BCUT2D eigenvalue weighted by molar-refractivity contribution is -0.149. The van der Waals surface area contributed by atoms with Crippen LogP contribution < -0.4 is 5.32 Å². The largest absolute Gasteiger partial charge is 0.478 e. The molecule has 0 radical (unpaired) electrons. The second-order valence-corrected chi connectivity index (χ2v) is 7.35. The summed E-state index contributed by atoms with van der Waals surface area (Å²) in [6.45, 7) is 0.943. The molecule has 1 fully saturated rings. The van der Waals surface area contributed by atoms with Crippen LogP contribution in [0.25, 0.3) is 0 Å². The fraction of sp³-hybridized carbons (Fsp3) is 0.278. The lowest BCUT2D eigenvalue weighted by Gasteiger charge is -2.49. The molecule has 152 valence electrons. The van der Waals surface area contributed by atoms with E-state index >= 15 is 0 Å². The monoisotopic (exact) mass is 420 g/mol. The highest BCUT2D eigenvalue weighted by Gasteiger charge is 2.54. The number of nitrogens with one attached hydrogen (secondary N) is 1. The van der Waals surface area contributed by atoms with E-state index in [4.69, 9.17) is 4.74 Å². The third-order valence-electron chi connectivity index (χ3n) is 4.39. The summed E-state index contributed by atoms with van der Waals surface area (Å²) in [6.07, 6.45) is 0. The van der Waals surface area contributed by atoms with E-state index in [0.29, 0.717) is 0 Å². The zero-order valence-electron chi connectivity index (χ0n) is 15.1. The van der Waals surface area contributed by atoms with Gasteiger partial charge in [-0.3, -0.25) is 19.3 Å². The molecular formula is C18H16N2O8S. The summed E-state index contributed by atoms with van der Waals surface area (Å²) in [5, 5.41) is 20.5. The fourth-order valence-electron chi connectivity index (χ4n) is 3.07. The molecule has 2 atom stereocenters. The molecule has 0 saturated carbocycles. The molecule has 3 N–H and O–H groups in total. The van der Waals surface area contributed by atoms with E-state index in [1.165, 1.54) is 43.0 Å². The second-order valence-electron chi connectivity index (χ2n) is 6.25. The van der Waals surface area contributed by atoms with Gasteiger partial charge in [0.2, 0.25) is 0 Å². The highest BCUT2D eigenvalue weighted by atomic mass is 32.2. The number of thioether (sulfide) groups is 1. The number of β-lactam (4-membered cyclic amide) rings is 1. The average Bonchev–Trinajstić information content (AvgIpc) is 2.69. The van der Waals surface area contributed by atoms with E-state index in [9.17, 15) is 34.2 Å². The van der Waals surface area contributed by atoms with Crippen molar-refractivity contribution in [2.45, 2.75) is 18.3 Å². The summed E-state index contributed by atoms with van der Waals surface area (Å²) in [7, 11) is 0. The predicted molar refractivity (Wildman–Crippen MR) is 99.0 cm³/mol. The Morgan fingerprint density at radius 1 is 1.17 bits per heavy atom. The second kappa shape index (κ2) is 7.95. The number of rotatable bonds is 6. The van der Waals surface area contributed by atoms with Crippen LogP contribution in [0, 0.1) is 0 Å². The Hall–Kier alpha value is -3.34. The summed E-state index contributed by atoms with van der Waals surface area (Å²) in [4.78, 5) is 60.1. The Morgan fingerprint density at radius 2 is 1.83 bits per heavy atom. The maximum atomic E-state index is 12.6. The van der Waals surface area contributed by atoms with Crippen molar-refractivity contribution in [3.63, 3.8) is 0 Å². The number of hydrogen-bond acceptors (Lipinski definition) is 7. The van der Waals surface area contributed by atoms with E-state index in [1.807, 2.05) is 0 Å². The first-order chi connectivity index (χ1) is 13.7. The molecule has 2 aliphatic rings. The summed E-state index contributed by atoms with van der Waals surface area (Å²) in [6, 6.07) is 4.57. The number of aromatic carboxylic acids is 1.